The van der Waals surface area contributed by atoms with Gasteiger partial charge in [-0.05, 0) is 43.0 Å². The third-order valence-electron chi connectivity index (χ3n) is 4.36. The Balaban J connectivity index is 1.59. The summed E-state index contributed by atoms with van der Waals surface area (Å²) in [6.07, 6.45) is 11.7. The van der Waals surface area contributed by atoms with E-state index in [2.05, 4.69) is 10.3 Å². The summed E-state index contributed by atoms with van der Waals surface area (Å²) in [6.45, 7) is 1.06. The van der Waals surface area contributed by atoms with Crippen molar-refractivity contribution in [3.63, 3.8) is 0 Å². The van der Waals surface area contributed by atoms with Crippen LogP contribution in [0.15, 0.2) is 41.5 Å². The lowest BCUT2D eigenvalue weighted by atomic mass is 10.0. The first kappa shape index (κ1) is 14.0. The summed E-state index contributed by atoms with van der Waals surface area (Å²) in [4.78, 5) is 14.2. The fourth-order valence-electron chi connectivity index (χ4n) is 3.09. The molecule has 1 saturated carbocycles. The molecule has 1 aliphatic carbocycles. The van der Waals surface area contributed by atoms with Crippen LogP contribution in [0.4, 0.5) is 5.69 Å². The molecule has 0 unspecified atom stereocenters. The van der Waals surface area contributed by atoms with E-state index in [1.165, 1.54) is 38.5 Å². The van der Waals surface area contributed by atoms with Crippen LogP contribution in [-0.4, -0.2) is 16.1 Å². The number of imidazole rings is 1. The zero-order chi connectivity index (χ0) is 14.5. The summed E-state index contributed by atoms with van der Waals surface area (Å²) in [7, 11) is 0. The molecule has 0 spiro atoms. The fourth-order valence-corrected chi connectivity index (χ4v) is 3.09. The van der Waals surface area contributed by atoms with Gasteiger partial charge in [-0.25, -0.2) is 4.79 Å². The van der Waals surface area contributed by atoms with Crippen molar-refractivity contribution in [3.8, 4) is 5.69 Å². The van der Waals surface area contributed by atoms with Gasteiger partial charge in [-0.3, -0.25) is 4.57 Å². The number of hydrogen-bond donors (Lipinski definition) is 2. The summed E-state index contributed by atoms with van der Waals surface area (Å²) in [6, 6.07) is 8.05. The zero-order valence-electron chi connectivity index (χ0n) is 12.3. The van der Waals surface area contributed by atoms with Gasteiger partial charge >= 0.3 is 5.69 Å². The highest BCUT2D eigenvalue weighted by Crippen LogP contribution is 2.23. The fraction of sp³-hybridized carbons (Fsp3) is 0.471. The molecule has 0 amide bonds. The minimum absolute atomic E-state index is 0.103. The highest BCUT2D eigenvalue weighted by atomic mass is 16.1. The third kappa shape index (κ3) is 3.57. The van der Waals surface area contributed by atoms with Gasteiger partial charge in [0.15, 0.2) is 0 Å². The largest absolute Gasteiger partial charge is 0.385 e. The van der Waals surface area contributed by atoms with Crippen molar-refractivity contribution < 1.29 is 0 Å². The van der Waals surface area contributed by atoms with E-state index in [4.69, 9.17) is 0 Å². The molecule has 1 heterocycles. The van der Waals surface area contributed by atoms with Gasteiger partial charge in [-0.1, -0.05) is 25.7 Å². The van der Waals surface area contributed by atoms with Gasteiger partial charge in [0.05, 0.1) is 5.69 Å². The molecule has 1 aromatic heterocycles. The molecule has 0 atom stereocenters. The van der Waals surface area contributed by atoms with Crippen LogP contribution in [0.5, 0.6) is 0 Å². The SMILES string of the molecule is O=c1[nH]ccn1-c1ccc(NCC2CCCCCC2)cc1. The molecule has 21 heavy (non-hydrogen) atoms. The third-order valence-corrected chi connectivity index (χ3v) is 4.36. The van der Waals surface area contributed by atoms with E-state index in [0.29, 0.717) is 0 Å². The van der Waals surface area contributed by atoms with E-state index in [9.17, 15) is 4.79 Å². The molecule has 4 nitrogen and oxygen atoms in total. The minimum atomic E-state index is -0.103. The van der Waals surface area contributed by atoms with Gasteiger partial charge in [0.25, 0.3) is 0 Å². The van der Waals surface area contributed by atoms with Crippen molar-refractivity contribution in [2.75, 3.05) is 11.9 Å². The van der Waals surface area contributed by atoms with Crippen molar-refractivity contribution in [2.24, 2.45) is 5.92 Å². The van der Waals surface area contributed by atoms with Crippen LogP contribution in [0.1, 0.15) is 38.5 Å². The summed E-state index contributed by atoms with van der Waals surface area (Å²) < 4.78 is 1.61. The molecule has 2 aromatic rings. The summed E-state index contributed by atoms with van der Waals surface area (Å²) in [5.41, 5.74) is 1.92. The van der Waals surface area contributed by atoms with Crippen LogP contribution in [0.3, 0.4) is 0 Å². The number of nitrogens with zero attached hydrogens (tertiary/aromatic N) is 1. The number of nitrogens with one attached hydrogen (secondary N) is 2. The van der Waals surface area contributed by atoms with E-state index in [1.807, 2.05) is 24.3 Å². The Morgan fingerprint density at radius 2 is 1.81 bits per heavy atom. The van der Waals surface area contributed by atoms with Gasteiger partial charge in [0.1, 0.15) is 0 Å². The molecule has 1 aliphatic rings. The van der Waals surface area contributed by atoms with Crippen molar-refractivity contribution in [2.45, 2.75) is 38.5 Å². The van der Waals surface area contributed by atoms with Gasteiger partial charge in [-0.2, -0.15) is 0 Å². The normalized spacial score (nSPS) is 16.6. The smallest absolute Gasteiger partial charge is 0.330 e. The van der Waals surface area contributed by atoms with Gasteiger partial charge in [0, 0.05) is 24.6 Å². The average molecular weight is 285 g/mol. The van der Waals surface area contributed by atoms with E-state index in [1.54, 1.807) is 17.0 Å². The standard InChI is InChI=1S/C17H23N3O/c21-17-18-11-12-20(17)16-9-7-15(8-10-16)19-13-14-5-3-1-2-4-6-14/h7-12,14,19H,1-6,13H2,(H,18,21). The molecule has 0 radical (unpaired) electrons. The summed E-state index contributed by atoms with van der Waals surface area (Å²) in [5, 5.41) is 3.53. The topological polar surface area (TPSA) is 49.8 Å². The molecule has 112 valence electrons. The number of aromatic amines is 1. The Morgan fingerprint density at radius 1 is 1.10 bits per heavy atom. The second kappa shape index (κ2) is 6.66. The van der Waals surface area contributed by atoms with Crippen LogP contribution in [0, 0.1) is 5.92 Å². The number of benzene rings is 1. The molecular formula is C17H23N3O. The van der Waals surface area contributed by atoms with Crippen LogP contribution in [0.2, 0.25) is 0 Å². The van der Waals surface area contributed by atoms with Crippen molar-refractivity contribution in [3.05, 3.63) is 47.1 Å². The quantitative estimate of drug-likeness (QED) is 0.844. The predicted molar refractivity (Wildman–Crippen MR) is 86.1 cm³/mol. The highest BCUT2D eigenvalue weighted by molar-refractivity contribution is 5.48. The van der Waals surface area contributed by atoms with Crippen molar-refractivity contribution in [1.29, 1.82) is 0 Å². The van der Waals surface area contributed by atoms with Crippen LogP contribution < -0.4 is 11.0 Å². The molecule has 1 aromatic carbocycles. The van der Waals surface area contributed by atoms with Crippen LogP contribution in [0.25, 0.3) is 5.69 Å². The molecule has 0 saturated heterocycles. The van der Waals surface area contributed by atoms with Crippen LogP contribution >= 0.6 is 0 Å². The Bertz CT molecular complexity index is 603. The number of rotatable bonds is 4. The molecule has 1 fully saturated rings. The van der Waals surface area contributed by atoms with Gasteiger partial charge in [0.2, 0.25) is 0 Å². The van der Waals surface area contributed by atoms with Crippen molar-refractivity contribution >= 4 is 5.69 Å². The Labute approximate surface area is 125 Å². The molecule has 2 N–H and O–H groups in total. The van der Waals surface area contributed by atoms with Gasteiger partial charge in [-0.15, -0.1) is 0 Å². The maximum atomic E-state index is 11.6. The minimum Gasteiger partial charge on any atom is -0.385 e. The Hall–Kier alpha value is -1.97. The Morgan fingerprint density at radius 3 is 2.43 bits per heavy atom. The first-order valence-corrected chi connectivity index (χ1v) is 7.93. The first-order chi connectivity index (χ1) is 10.3. The van der Waals surface area contributed by atoms with E-state index < -0.39 is 0 Å². The maximum Gasteiger partial charge on any atom is 0.330 e. The first-order valence-electron chi connectivity index (χ1n) is 7.93. The Kier molecular flexibility index (Phi) is 4.43. The van der Waals surface area contributed by atoms with E-state index in [0.717, 1.165) is 23.8 Å². The number of H-pyrrole nitrogens is 1. The van der Waals surface area contributed by atoms with Crippen LogP contribution in [-0.2, 0) is 0 Å². The highest BCUT2D eigenvalue weighted by Gasteiger charge is 2.11. The van der Waals surface area contributed by atoms with E-state index in [-0.39, 0.29) is 5.69 Å². The number of aromatic nitrogens is 2. The molecule has 0 bridgehead atoms. The molecule has 3 rings (SSSR count). The number of hydrogen-bond acceptors (Lipinski definition) is 2. The average Bonchev–Trinajstić information content (AvgIpc) is 2.78. The molecule has 4 heteroatoms. The lowest BCUT2D eigenvalue weighted by Gasteiger charge is -2.16. The maximum absolute atomic E-state index is 11.6. The summed E-state index contributed by atoms with van der Waals surface area (Å²) in [5.74, 6) is 0.805. The predicted octanol–water partition coefficient (Wildman–Crippen LogP) is 3.55. The molecular weight excluding hydrogens is 262 g/mol. The monoisotopic (exact) mass is 285 g/mol. The zero-order valence-corrected chi connectivity index (χ0v) is 12.3. The number of anilines is 1. The second-order valence-electron chi connectivity index (χ2n) is 5.92. The lowest BCUT2D eigenvalue weighted by molar-refractivity contribution is 0.483. The van der Waals surface area contributed by atoms with E-state index >= 15 is 0 Å². The molecule has 0 aliphatic heterocycles. The van der Waals surface area contributed by atoms with Gasteiger partial charge < -0.3 is 10.3 Å². The summed E-state index contributed by atoms with van der Waals surface area (Å²) >= 11 is 0. The lowest BCUT2D eigenvalue weighted by Crippen LogP contribution is -2.15. The van der Waals surface area contributed by atoms with Crippen molar-refractivity contribution in [1.82, 2.24) is 9.55 Å². The second-order valence-corrected chi connectivity index (χ2v) is 5.92.